The van der Waals surface area contributed by atoms with E-state index in [9.17, 15) is 13.6 Å². The molecule has 0 aliphatic carbocycles. The third-order valence-corrected chi connectivity index (χ3v) is 1.68. The molecule has 1 aromatic carbocycles. The van der Waals surface area contributed by atoms with Crippen LogP contribution in [0.25, 0.3) is 0 Å². The van der Waals surface area contributed by atoms with Crippen molar-refractivity contribution in [2.45, 2.75) is 0 Å². The molecule has 5 heteroatoms. The Bertz CT molecular complexity index is 405. The van der Waals surface area contributed by atoms with Gasteiger partial charge in [-0.2, -0.15) is 0 Å². The molecule has 0 saturated carbocycles. The number of carbonyl (C=O) groups excluding carboxylic acids is 1. The van der Waals surface area contributed by atoms with Gasteiger partial charge in [-0.25, -0.2) is 8.78 Å². The van der Waals surface area contributed by atoms with Crippen molar-refractivity contribution in [2.75, 3.05) is 12.4 Å². The Morgan fingerprint density at radius 3 is 2.67 bits per heavy atom. The number of benzene rings is 1. The molecule has 0 fully saturated rings. The molecule has 0 unspecified atom stereocenters. The summed E-state index contributed by atoms with van der Waals surface area (Å²) in [4.78, 5) is 10.9. The molecule has 1 aromatic rings. The van der Waals surface area contributed by atoms with Crippen molar-refractivity contribution in [2.24, 2.45) is 0 Å². The van der Waals surface area contributed by atoms with E-state index in [4.69, 9.17) is 0 Å². The maximum absolute atomic E-state index is 13.1. The SMILES string of the molecule is C=CC(=O)Nc1cc(OC)c(F)cc1F. The lowest BCUT2D eigenvalue weighted by Gasteiger charge is -2.07. The van der Waals surface area contributed by atoms with Gasteiger partial charge >= 0.3 is 0 Å². The Hall–Kier alpha value is -1.91. The van der Waals surface area contributed by atoms with E-state index in [0.29, 0.717) is 6.07 Å². The average molecular weight is 213 g/mol. The van der Waals surface area contributed by atoms with E-state index in [0.717, 1.165) is 12.1 Å². The lowest BCUT2D eigenvalue weighted by molar-refractivity contribution is -0.111. The zero-order valence-electron chi connectivity index (χ0n) is 8.01. The van der Waals surface area contributed by atoms with Crippen LogP contribution in [0.4, 0.5) is 14.5 Å². The van der Waals surface area contributed by atoms with Crippen LogP contribution in [-0.4, -0.2) is 13.0 Å². The number of amides is 1. The molecule has 0 heterocycles. The van der Waals surface area contributed by atoms with Crippen molar-refractivity contribution in [3.63, 3.8) is 0 Å². The average Bonchev–Trinajstić information content (AvgIpc) is 2.21. The van der Waals surface area contributed by atoms with Crippen LogP contribution in [-0.2, 0) is 4.79 Å². The molecule has 80 valence electrons. The highest BCUT2D eigenvalue weighted by atomic mass is 19.1. The van der Waals surface area contributed by atoms with E-state index < -0.39 is 17.5 Å². The van der Waals surface area contributed by atoms with Crippen LogP contribution in [0.1, 0.15) is 0 Å². The third kappa shape index (κ3) is 2.52. The van der Waals surface area contributed by atoms with Crippen molar-refractivity contribution in [1.29, 1.82) is 0 Å². The number of nitrogens with one attached hydrogen (secondary N) is 1. The molecule has 1 N–H and O–H groups in total. The third-order valence-electron chi connectivity index (χ3n) is 1.68. The predicted octanol–water partition coefficient (Wildman–Crippen LogP) is 2.10. The highest BCUT2D eigenvalue weighted by Crippen LogP contribution is 2.24. The van der Waals surface area contributed by atoms with Crippen molar-refractivity contribution < 1.29 is 18.3 Å². The number of ether oxygens (including phenoxy) is 1. The highest BCUT2D eigenvalue weighted by molar-refractivity contribution is 5.99. The Balaban J connectivity index is 3.07. The van der Waals surface area contributed by atoms with Gasteiger partial charge in [0.15, 0.2) is 11.6 Å². The van der Waals surface area contributed by atoms with Gasteiger partial charge in [-0.1, -0.05) is 6.58 Å². The minimum absolute atomic E-state index is 0.143. The number of carbonyl (C=O) groups is 1. The van der Waals surface area contributed by atoms with Gasteiger partial charge in [0.2, 0.25) is 5.91 Å². The number of hydrogen-bond acceptors (Lipinski definition) is 2. The monoisotopic (exact) mass is 213 g/mol. The lowest BCUT2D eigenvalue weighted by atomic mass is 10.2. The van der Waals surface area contributed by atoms with Gasteiger partial charge in [0.05, 0.1) is 12.8 Å². The fraction of sp³-hybridized carbons (Fsp3) is 0.100. The van der Waals surface area contributed by atoms with Crippen molar-refractivity contribution >= 4 is 11.6 Å². The Morgan fingerprint density at radius 2 is 2.13 bits per heavy atom. The highest BCUT2D eigenvalue weighted by Gasteiger charge is 2.11. The summed E-state index contributed by atoms with van der Waals surface area (Å²) in [5.41, 5.74) is -0.154. The zero-order valence-corrected chi connectivity index (χ0v) is 8.01. The molecule has 3 nitrogen and oxygen atoms in total. The summed E-state index contributed by atoms with van der Waals surface area (Å²) in [6.07, 6.45) is 0.981. The van der Waals surface area contributed by atoms with Gasteiger partial charge in [-0.15, -0.1) is 0 Å². The molecule has 1 rings (SSSR count). The van der Waals surface area contributed by atoms with E-state index in [-0.39, 0.29) is 11.4 Å². The minimum Gasteiger partial charge on any atom is -0.494 e. The molecule has 0 aliphatic rings. The molecule has 0 atom stereocenters. The second-order valence-corrected chi connectivity index (χ2v) is 2.66. The van der Waals surface area contributed by atoms with Gasteiger partial charge in [-0.05, 0) is 6.08 Å². The summed E-state index contributed by atoms with van der Waals surface area (Å²) in [6.45, 7) is 3.21. The molecular weight excluding hydrogens is 204 g/mol. The van der Waals surface area contributed by atoms with E-state index in [2.05, 4.69) is 16.6 Å². The molecule has 0 radical (unpaired) electrons. The second-order valence-electron chi connectivity index (χ2n) is 2.66. The molecule has 0 saturated heterocycles. The van der Waals surface area contributed by atoms with E-state index in [1.807, 2.05) is 0 Å². The Labute approximate surface area is 85.4 Å². The van der Waals surface area contributed by atoms with Crippen LogP contribution in [0.2, 0.25) is 0 Å². The van der Waals surface area contributed by atoms with Gasteiger partial charge in [0.1, 0.15) is 5.82 Å². The van der Waals surface area contributed by atoms with Gasteiger partial charge < -0.3 is 10.1 Å². The van der Waals surface area contributed by atoms with E-state index in [1.165, 1.54) is 7.11 Å². The minimum atomic E-state index is -0.872. The van der Waals surface area contributed by atoms with E-state index >= 15 is 0 Å². The maximum atomic E-state index is 13.1. The number of methoxy groups -OCH3 is 1. The number of rotatable bonds is 3. The first-order valence-electron chi connectivity index (χ1n) is 4.05. The smallest absolute Gasteiger partial charge is 0.247 e. The summed E-state index contributed by atoms with van der Waals surface area (Å²) in [5.74, 6) is -2.42. The molecule has 0 aliphatic heterocycles. The largest absolute Gasteiger partial charge is 0.494 e. The van der Waals surface area contributed by atoms with Gasteiger partial charge in [-0.3, -0.25) is 4.79 Å². The molecule has 0 aromatic heterocycles. The molecule has 1 amide bonds. The first kappa shape index (κ1) is 11.2. The van der Waals surface area contributed by atoms with Crippen LogP contribution in [0.3, 0.4) is 0 Å². The molecule has 0 spiro atoms. The Morgan fingerprint density at radius 1 is 1.47 bits per heavy atom. The van der Waals surface area contributed by atoms with Crippen LogP contribution in [0, 0.1) is 11.6 Å². The maximum Gasteiger partial charge on any atom is 0.247 e. The van der Waals surface area contributed by atoms with Gasteiger partial charge in [0, 0.05) is 12.1 Å². The fourth-order valence-electron chi connectivity index (χ4n) is 0.965. The first-order valence-corrected chi connectivity index (χ1v) is 4.05. The summed E-state index contributed by atoms with van der Waals surface area (Å²) in [5, 5.41) is 2.18. The lowest BCUT2D eigenvalue weighted by Crippen LogP contribution is -2.09. The van der Waals surface area contributed by atoms with Crippen molar-refractivity contribution in [3.8, 4) is 5.75 Å². The van der Waals surface area contributed by atoms with Crippen molar-refractivity contribution in [1.82, 2.24) is 0 Å². The normalized spacial score (nSPS) is 9.53. The summed E-state index contributed by atoms with van der Waals surface area (Å²) in [6, 6.07) is 1.70. The van der Waals surface area contributed by atoms with E-state index in [1.54, 1.807) is 0 Å². The summed E-state index contributed by atoms with van der Waals surface area (Å²) < 4.78 is 30.7. The molecule has 15 heavy (non-hydrogen) atoms. The Kier molecular flexibility index (Phi) is 3.38. The van der Waals surface area contributed by atoms with Gasteiger partial charge in [0.25, 0.3) is 0 Å². The summed E-state index contributed by atoms with van der Waals surface area (Å²) in [7, 11) is 1.25. The zero-order chi connectivity index (χ0) is 11.4. The van der Waals surface area contributed by atoms with Crippen LogP contribution in [0.15, 0.2) is 24.8 Å². The second kappa shape index (κ2) is 4.54. The quantitative estimate of drug-likeness (QED) is 0.781. The van der Waals surface area contributed by atoms with Crippen LogP contribution < -0.4 is 10.1 Å². The number of halogens is 2. The standard InChI is InChI=1S/C10H9F2NO2/c1-3-10(14)13-8-5-9(15-2)7(12)4-6(8)11/h3-5H,1H2,2H3,(H,13,14). The number of anilines is 1. The fourth-order valence-corrected chi connectivity index (χ4v) is 0.965. The van der Waals surface area contributed by atoms with Crippen LogP contribution in [0.5, 0.6) is 5.75 Å². The first-order chi connectivity index (χ1) is 7.08. The van der Waals surface area contributed by atoms with Crippen molar-refractivity contribution in [3.05, 3.63) is 36.4 Å². The molecular formula is C10H9F2NO2. The van der Waals surface area contributed by atoms with Crippen LogP contribution >= 0.6 is 0 Å². The predicted molar refractivity (Wildman–Crippen MR) is 51.7 cm³/mol. The number of hydrogen-bond donors (Lipinski definition) is 1. The molecule has 0 bridgehead atoms. The topological polar surface area (TPSA) is 38.3 Å². The summed E-state index contributed by atoms with van der Waals surface area (Å²) >= 11 is 0.